The van der Waals surface area contributed by atoms with Gasteiger partial charge in [0.15, 0.2) is 5.82 Å². The molecule has 1 saturated heterocycles. The SMILES string of the molecule is CCNC(C)c1nnnn1C1(C)CCCOC1. The lowest BCUT2D eigenvalue weighted by atomic mass is 9.95. The molecule has 17 heavy (non-hydrogen) atoms. The standard InChI is InChI=1S/C11H21N5O/c1-4-12-9(2)10-13-14-15-16(10)11(3)6-5-7-17-8-11/h9,12H,4-8H2,1-3H3. The predicted molar refractivity (Wildman–Crippen MR) is 63.6 cm³/mol. The molecular weight excluding hydrogens is 218 g/mol. The normalized spacial score (nSPS) is 27.0. The third-order valence-corrected chi connectivity index (χ3v) is 3.32. The molecule has 1 aromatic heterocycles. The minimum Gasteiger partial charge on any atom is -0.379 e. The molecule has 6 heteroatoms. The topological polar surface area (TPSA) is 64.9 Å². The lowest BCUT2D eigenvalue weighted by molar-refractivity contribution is 0.000507. The average Bonchev–Trinajstić information content (AvgIpc) is 2.80. The second kappa shape index (κ2) is 5.10. The molecule has 0 amide bonds. The lowest BCUT2D eigenvalue weighted by Gasteiger charge is -2.34. The molecule has 0 spiro atoms. The van der Waals surface area contributed by atoms with E-state index < -0.39 is 0 Å². The first-order valence-electron chi connectivity index (χ1n) is 6.27. The molecule has 96 valence electrons. The number of hydrogen-bond acceptors (Lipinski definition) is 5. The smallest absolute Gasteiger partial charge is 0.168 e. The van der Waals surface area contributed by atoms with Crippen LogP contribution in [0.25, 0.3) is 0 Å². The molecule has 1 aromatic rings. The van der Waals surface area contributed by atoms with E-state index in [1.54, 1.807) is 0 Å². The molecule has 1 aliphatic heterocycles. The van der Waals surface area contributed by atoms with Gasteiger partial charge in [0.05, 0.1) is 18.2 Å². The van der Waals surface area contributed by atoms with Crippen molar-refractivity contribution < 1.29 is 4.74 Å². The van der Waals surface area contributed by atoms with Gasteiger partial charge in [0.1, 0.15) is 0 Å². The Balaban J connectivity index is 2.23. The lowest BCUT2D eigenvalue weighted by Crippen LogP contribution is -2.42. The van der Waals surface area contributed by atoms with Crippen LogP contribution in [-0.2, 0) is 10.3 Å². The maximum absolute atomic E-state index is 5.57. The summed E-state index contributed by atoms with van der Waals surface area (Å²) in [4.78, 5) is 0. The Morgan fingerprint density at radius 3 is 3.06 bits per heavy atom. The fourth-order valence-corrected chi connectivity index (χ4v) is 2.33. The van der Waals surface area contributed by atoms with Crippen LogP contribution in [0.1, 0.15) is 45.5 Å². The molecule has 0 radical (unpaired) electrons. The van der Waals surface area contributed by atoms with Crippen molar-refractivity contribution in [2.75, 3.05) is 19.8 Å². The van der Waals surface area contributed by atoms with Gasteiger partial charge < -0.3 is 10.1 Å². The fourth-order valence-electron chi connectivity index (χ4n) is 2.33. The summed E-state index contributed by atoms with van der Waals surface area (Å²) < 4.78 is 7.50. The Morgan fingerprint density at radius 1 is 1.59 bits per heavy atom. The van der Waals surface area contributed by atoms with Crippen LogP contribution in [0.4, 0.5) is 0 Å². The third-order valence-electron chi connectivity index (χ3n) is 3.32. The van der Waals surface area contributed by atoms with E-state index in [0.29, 0.717) is 6.61 Å². The van der Waals surface area contributed by atoms with Crippen molar-refractivity contribution in [3.8, 4) is 0 Å². The zero-order valence-corrected chi connectivity index (χ0v) is 10.8. The summed E-state index contributed by atoms with van der Waals surface area (Å²) in [6, 6.07) is 0.161. The van der Waals surface area contributed by atoms with Gasteiger partial charge in [-0.05, 0) is 43.7 Å². The van der Waals surface area contributed by atoms with Crippen LogP contribution in [0.5, 0.6) is 0 Å². The molecule has 1 N–H and O–H groups in total. The molecule has 6 nitrogen and oxygen atoms in total. The van der Waals surface area contributed by atoms with E-state index in [-0.39, 0.29) is 11.6 Å². The summed E-state index contributed by atoms with van der Waals surface area (Å²) in [5.41, 5.74) is -0.110. The van der Waals surface area contributed by atoms with Crippen LogP contribution in [-0.4, -0.2) is 40.0 Å². The Labute approximate surface area is 102 Å². The molecule has 0 aliphatic carbocycles. The summed E-state index contributed by atoms with van der Waals surface area (Å²) in [5, 5.41) is 15.4. The van der Waals surface area contributed by atoms with Gasteiger partial charge in [-0.1, -0.05) is 6.92 Å². The zero-order valence-electron chi connectivity index (χ0n) is 10.8. The van der Waals surface area contributed by atoms with Crippen LogP contribution in [0.15, 0.2) is 0 Å². The Bertz CT molecular complexity index is 358. The molecule has 2 unspecified atom stereocenters. The first-order valence-corrected chi connectivity index (χ1v) is 6.27. The van der Waals surface area contributed by atoms with Gasteiger partial charge in [0.25, 0.3) is 0 Å². The number of nitrogens with one attached hydrogen (secondary N) is 1. The molecule has 1 aliphatic rings. The van der Waals surface area contributed by atoms with Crippen LogP contribution in [0.3, 0.4) is 0 Å². The minimum absolute atomic E-state index is 0.110. The quantitative estimate of drug-likeness (QED) is 0.844. The third kappa shape index (κ3) is 2.47. The molecule has 0 saturated carbocycles. The van der Waals surface area contributed by atoms with Crippen molar-refractivity contribution in [3.63, 3.8) is 0 Å². The number of aromatic nitrogens is 4. The maximum Gasteiger partial charge on any atom is 0.168 e. The Kier molecular flexibility index (Phi) is 3.73. The highest BCUT2D eigenvalue weighted by Gasteiger charge is 2.34. The van der Waals surface area contributed by atoms with Crippen molar-refractivity contribution in [2.45, 2.75) is 45.2 Å². The molecule has 0 aromatic carbocycles. The van der Waals surface area contributed by atoms with Gasteiger partial charge in [0.2, 0.25) is 0 Å². The van der Waals surface area contributed by atoms with Crippen LogP contribution in [0, 0.1) is 0 Å². The second-order valence-electron chi connectivity index (χ2n) is 4.88. The van der Waals surface area contributed by atoms with E-state index in [0.717, 1.165) is 31.8 Å². The molecule has 2 atom stereocenters. The summed E-state index contributed by atoms with van der Waals surface area (Å²) in [6.07, 6.45) is 2.12. The first-order chi connectivity index (χ1) is 8.17. The molecular formula is C11H21N5O. The van der Waals surface area contributed by atoms with Gasteiger partial charge >= 0.3 is 0 Å². The second-order valence-corrected chi connectivity index (χ2v) is 4.88. The van der Waals surface area contributed by atoms with Gasteiger partial charge in [-0.15, -0.1) is 5.10 Å². The largest absolute Gasteiger partial charge is 0.379 e. The summed E-state index contributed by atoms with van der Waals surface area (Å²) >= 11 is 0. The van der Waals surface area contributed by atoms with Gasteiger partial charge in [0, 0.05) is 6.61 Å². The highest BCUT2D eigenvalue weighted by Crippen LogP contribution is 2.28. The minimum atomic E-state index is -0.110. The summed E-state index contributed by atoms with van der Waals surface area (Å²) in [7, 11) is 0. The number of hydrogen-bond donors (Lipinski definition) is 1. The van der Waals surface area contributed by atoms with Gasteiger partial charge in [-0.2, -0.15) is 0 Å². The highest BCUT2D eigenvalue weighted by atomic mass is 16.5. The van der Waals surface area contributed by atoms with E-state index in [1.165, 1.54) is 0 Å². The van der Waals surface area contributed by atoms with E-state index in [4.69, 9.17) is 4.74 Å². The molecule has 2 heterocycles. The molecule has 0 bridgehead atoms. The summed E-state index contributed by atoms with van der Waals surface area (Å²) in [6.45, 7) is 8.75. The monoisotopic (exact) mass is 239 g/mol. The van der Waals surface area contributed by atoms with Crippen LogP contribution >= 0.6 is 0 Å². The van der Waals surface area contributed by atoms with Crippen LogP contribution in [0.2, 0.25) is 0 Å². The fraction of sp³-hybridized carbons (Fsp3) is 0.909. The van der Waals surface area contributed by atoms with Crippen molar-refractivity contribution in [1.29, 1.82) is 0 Å². The van der Waals surface area contributed by atoms with E-state index >= 15 is 0 Å². The number of nitrogens with zero attached hydrogens (tertiary/aromatic N) is 4. The van der Waals surface area contributed by atoms with Crippen molar-refractivity contribution in [2.24, 2.45) is 0 Å². The summed E-state index contributed by atoms with van der Waals surface area (Å²) in [5.74, 6) is 0.889. The van der Waals surface area contributed by atoms with E-state index in [9.17, 15) is 0 Å². The first kappa shape index (κ1) is 12.4. The average molecular weight is 239 g/mol. The number of ether oxygens (including phenoxy) is 1. The molecule has 1 fully saturated rings. The van der Waals surface area contributed by atoms with E-state index in [1.807, 2.05) is 4.68 Å². The Hall–Kier alpha value is -1.01. The zero-order chi connectivity index (χ0) is 12.3. The van der Waals surface area contributed by atoms with Crippen molar-refractivity contribution in [3.05, 3.63) is 5.82 Å². The number of rotatable bonds is 4. The van der Waals surface area contributed by atoms with Gasteiger partial charge in [-0.25, -0.2) is 4.68 Å². The van der Waals surface area contributed by atoms with Crippen LogP contribution < -0.4 is 5.32 Å². The van der Waals surface area contributed by atoms with Crippen molar-refractivity contribution in [1.82, 2.24) is 25.5 Å². The van der Waals surface area contributed by atoms with E-state index in [2.05, 4.69) is 41.6 Å². The number of tetrazole rings is 1. The molecule has 2 rings (SSSR count). The predicted octanol–water partition coefficient (Wildman–Crippen LogP) is 0.869. The highest BCUT2D eigenvalue weighted by molar-refractivity contribution is 4.96. The maximum atomic E-state index is 5.57. The Morgan fingerprint density at radius 2 is 2.41 bits per heavy atom. The van der Waals surface area contributed by atoms with Crippen molar-refractivity contribution >= 4 is 0 Å². The van der Waals surface area contributed by atoms with Gasteiger partial charge in [-0.3, -0.25) is 0 Å².